The first-order valence-corrected chi connectivity index (χ1v) is 26.9. The monoisotopic (exact) mass is 778 g/mol. The van der Waals surface area contributed by atoms with Gasteiger partial charge in [-0.1, -0.05) is 58.6 Å². The van der Waals surface area contributed by atoms with Gasteiger partial charge in [-0.15, -0.1) is 0 Å². The SMILES string of the molecule is C[C@@H]1CC[C@@]2(OC1)O[C@H]1CC3C4CC=C5C[C@@H](OC(=O)CCCC[P+](C6CCCCC6)(C6CCCCC6)C6CCCCC6)CC[C@]5(C)C4CC[C@]3(C)[C@H]1[C@@H]2C. The van der Waals surface area contributed by atoms with E-state index in [2.05, 4.69) is 33.8 Å². The average Bonchev–Trinajstić information content (AvgIpc) is 3.66. The van der Waals surface area contributed by atoms with Gasteiger partial charge in [0, 0.05) is 32.4 Å². The van der Waals surface area contributed by atoms with Gasteiger partial charge in [-0.25, -0.2) is 0 Å². The van der Waals surface area contributed by atoms with Crippen LogP contribution in [0.25, 0.3) is 0 Å². The number of allylic oxidation sites excluding steroid dienone is 1. The van der Waals surface area contributed by atoms with Crippen LogP contribution in [-0.2, 0) is 19.0 Å². The molecule has 2 saturated heterocycles. The minimum absolute atomic E-state index is 0.0880. The largest absolute Gasteiger partial charge is 0.462 e. The molecule has 6 saturated carbocycles. The molecule has 7 aliphatic carbocycles. The molecule has 2 heterocycles. The summed E-state index contributed by atoms with van der Waals surface area (Å²) in [5.74, 6) is 3.84. The van der Waals surface area contributed by atoms with E-state index in [0.717, 1.165) is 67.0 Å². The predicted molar refractivity (Wildman–Crippen MR) is 228 cm³/mol. The normalized spacial score (nSPS) is 44.3. The van der Waals surface area contributed by atoms with E-state index in [4.69, 9.17) is 14.2 Å². The minimum atomic E-state index is -1.06. The number of rotatable bonds is 9. The summed E-state index contributed by atoms with van der Waals surface area (Å²) in [4.78, 5) is 13.6. The van der Waals surface area contributed by atoms with Gasteiger partial charge in [0.25, 0.3) is 0 Å². The smallest absolute Gasteiger partial charge is 0.306 e. The first-order valence-electron chi connectivity index (χ1n) is 24.7. The average molecular weight is 778 g/mol. The molecule has 0 N–H and O–H groups in total. The van der Waals surface area contributed by atoms with E-state index >= 15 is 0 Å². The fraction of sp³-hybridized carbons (Fsp3) is 0.940. The number of hydrogen-bond donors (Lipinski definition) is 0. The molecular formula is C50H82O4P+. The summed E-state index contributed by atoms with van der Waals surface area (Å²) >= 11 is 0. The quantitative estimate of drug-likeness (QED) is 0.101. The van der Waals surface area contributed by atoms with E-state index in [-0.39, 0.29) is 23.3 Å². The molecule has 0 amide bonds. The second kappa shape index (κ2) is 16.2. The Labute approximate surface area is 337 Å². The summed E-state index contributed by atoms with van der Waals surface area (Å²) in [6.45, 7) is 10.9. The van der Waals surface area contributed by atoms with Crippen molar-refractivity contribution in [1.82, 2.24) is 0 Å². The maximum absolute atomic E-state index is 13.6. The van der Waals surface area contributed by atoms with Gasteiger partial charge < -0.3 is 14.2 Å². The maximum atomic E-state index is 13.6. The Morgan fingerprint density at radius 3 is 2.05 bits per heavy atom. The highest BCUT2D eigenvalue weighted by Gasteiger charge is 2.69. The molecule has 55 heavy (non-hydrogen) atoms. The maximum Gasteiger partial charge on any atom is 0.306 e. The van der Waals surface area contributed by atoms with Crippen LogP contribution in [0.2, 0.25) is 0 Å². The lowest BCUT2D eigenvalue weighted by atomic mass is 9.47. The summed E-state index contributed by atoms with van der Waals surface area (Å²) in [7, 11) is -1.06. The van der Waals surface area contributed by atoms with Gasteiger partial charge in [-0.3, -0.25) is 4.79 Å². The van der Waals surface area contributed by atoms with Gasteiger partial charge in [-0.05, 0) is 175 Å². The third kappa shape index (κ3) is 7.11. The molecule has 0 aromatic rings. The third-order valence-electron chi connectivity index (χ3n) is 19.6. The number of carbonyl (C=O) groups is 1. The molecule has 3 unspecified atom stereocenters. The van der Waals surface area contributed by atoms with Gasteiger partial charge in [0.1, 0.15) is 6.10 Å². The number of unbranched alkanes of at least 4 members (excludes halogenated alkanes) is 1. The summed E-state index contributed by atoms with van der Waals surface area (Å²) in [6, 6.07) is 0. The van der Waals surface area contributed by atoms with Gasteiger partial charge in [0.2, 0.25) is 0 Å². The van der Waals surface area contributed by atoms with E-state index in [1.807, 2.05) is 0 Å². The number of carbonyl (C=O) groups excluding carboxylic acids is 1. The lowest BCUT2D eigenvalue weighted by molar-refractivity contribution is -0.272. The highest BCUT2D eigenvalue weighted by atomic mass is 31.2. The van der Waals surface area contributed by atoms with Crippen LogP contribution in [0, 0.1) is 46.3 Å². The molecule has 9 aliphatic rings. The molecule has 0 bridgehead atoms. The van der Waals surface area contributed by atoms with Crippen molar-refractivity contribution in [2.45, 2.75) is 236 Å². The number of fused-ring (bicyclic) bond motifs is 7. The van der Waals surface area contributed by atoms with Crippen molar-refractivity contribution < 1.29 is 19.0 Å². The first-order chi connectivity index (χ1) is 26.7. The molecule has 1 spiro atoms. The van der Waals surface area contributed by atoms with Gasteiger partial charge in [0.05, 0.1) is 35.8 Å². The lowest BCUT2D eigenvalue weighted by Crippen LogP contribution is -2.52. The molecular weight excluding hydrogens is 696 g/mol. The fourth-order valence-electron chi connectivity index (χ4n) is 16.8. The molecule has 2 aliphatic heterocycles. The van der Waals surface area contributed by atoms with E-state index in [9.17, 15) is 4.79 Å². The molecule has 11 atom stereocenters. The van der Waals surface area contributed by atoms with Gasteiger partial charge in [0.15, 0.2) is 5.79 Å². The van der Waals surface area contributed by atoms with Gasteiger partial charge in [-0.2, -0.15) is 0 Å². The summed E-state index contributed by atoms with van der Waals surface area (Å²) in [6.07, 6.45) is 40.8. The first kappa shape index (κ1) is 40.0. The van der Waals surface area contributed by atoms with Crippen LogP contribution in [0.15, 0.2) is 11.6 Å². The van der Waals surface area contributed by atoms with Crippen LogP contribution in [0.5, 0.6) is 0 Å². The zero-order valence-electron chi connectivity index (χ0n) is 36.0. The Balaban J connectivity index is 0.805. The third-order valence-corrected chi connectivity index (χ3v) is 26.3. The molecule has 0 radical (unpaired) electrons. The van der Waals surface area contributed by atoms with Crippen LogP contribution in [0.3, 0.4) is 0 Å². The summed E-state index contributed by atoms with van der Waals surface area (Å²) in [5, 5.41) is 0. The van der Waals surface area contributed by atoms with Gasteiger partial charge >= 0.3 is 5.97 Å². The number of hydrogen-bond acceptors (Lipinski definition) is 4. The molecule has 8 fully saturated rings. The Morgan fingerprint density at radius 2 is 1.44 bits per heavy atom. The molecule has 0 aromatic carbocycles. The summed E-state index contributed by atoms with van der Waals surface area (Å²) < 4.78 is 20.0. The zero-order chi connectivity index (χ0) is 37.8. The van der Waals surface area contributed by atoms with Crippen LogP contribution in [0.4, 0.5) is 0 Å². The predicted octanol–water partition coefficient (Wildman–Crippen LogP) is 13.5. The number of esters is 1. The standard InChI is InChI=1S/C50H82O4P/c1-35-25-30-50(52-34-35)36(2)47-45(54-50)33-44-42-24-23-37-32-38(26-28-48(37,3)43(42)27-29-49(44,47)4)53-46(51)22-14-15-31-55(39-16-8-5-9-17-39,40-18-10-6-11-19-40)41-20-12-7-13-21-41/h23,35-36,38-45,47H,5-22,24-34H2,1-4H3/q+1/t35-,36+,38+,42?,43?,44?,45+,47+,48+,49+,50-/m1/s1. The highest BCUT2D eigenvalue weighted by molar-refractivity contribution is 7.77. The Morgan fingerprint density at radius 1 is 0.782 bits per heavy atom. The Kier molecular flexibility index (Phi) is 11.8. The van der Waals surface area contributed by atoms with Crippen molar-refractivity contribution in [2.24, 2.45) is 46.3 Å². The van der Waals surface area contributed by atoms with Crippen molar-refractivity contribution in [2.75, 3.05) is 12.8 Å². The van der Waals surface area contributed by atoms with Crippen molar-refractivity contribution in [3.63, 3.8) is 0 Å². The lowest BCUT2D eigenvalue weighted by Gasteiger charge is -2.58. The van der Waals surface area contributed by atoms with E-state index in [0.29, 0.717) is 35.7 Å². The van der Waals surface area contributed by atoms with Crippen molar-refractivity contribution >= 4 is 13.2 Å². The van der Waals surface area contributed by atoms with Crippen LogP contribution in [-0.4, -0.2) is 53.7 Å². The Hall–Kier alpha value is -0.440. The zero-order valence-corrected chi connectivity index (χ0v) is 36.9. The molecule has 4 nitrogen and oxygen atoms in total. The van der Waals surface area contributed by atoms with E-state index < -0.39 is 7.26 Å². The van der Waals surface area contributed by atoms with E-state index in [1.165, 1.54) is 147 Å². The van der Waals surface area contributed by atoms with E-state index in [1.54, 1.807) is 5.57 Å². The Bertz CT molecular complexity index is 1320. The molecule has 9 rings (SSSR count). The highest BCUT2D eigenvalue weighted by Crippen LogP contribution is 2.78. The van der Waals surface area contributed by atoms with Crippen LogP contribution in [0.1, 0.15) is 201 Å². The minimum Gasteiger partial charge on any atom is -0.462 e. The topological polar surface area (TPSA) is 44.8 Å². The van der Waals surface area contributed by atoms with Crippen LogP contribution < -0.4 is 0 Å². The number of ether oxygens (including phenoxy) is 3. The van der Waals surface area contributed by atoms with Crippen molar-refractivity contribution in [3.05, 3.63) is 11.6 Å². The van der Waals surface area contributed by atoms with Crippen molar-refractivity contribution in [1.29, 1.82) is 0 Å². The van der Waals surface area contributed by atoms with Crippen molar-refractivity contribution in [3.8, 4) is 0 Å². The second-order valence-electron chi connectivity index (χ2n) is 22.2. The molecule has 0 aromatic heterocycles. The second-order valence-corrected chi connectivity index (χ2v) is 26.8. The van der Waals surface area contributed by atoms with Crippen LogP contribution >= 0.6 is 7.26 Å². The fourth-order valence-corrected chi connectivity index (χ4v) is 24.4. The molecule has 310 valence electrons. The summed E-state index contributed by atoms with van der Waals surface area (Å²) in [5.41, 5.74) is 5.42. The molecule has 5 heteroatoms.